The number of piperidine rings is 2. The molecule has 6 heteroatoms. The van der Waals surface area contributed by atoms with Crippen molar-refractivity contribution >= 4 is 28.3 Å². The number of para-hydroxylation sites is 2. The maximum atomic E-state index is 12.8. The van der Waals surface area contributed by atoms with Crippen molar-refractivity contribution in [2.75, 3.05) is 44.2 Å². The molecule has 176 valence electrons. The predicted molar refractivity (Wildman–Crippen MR) is 135 cm³/mol. The number of nitrogens with zero attached hydrogens (tertiary/aromatic N) is 4. The number of nitrogens with one attached hydrogen (secondary N) is 1. The Bertz CT molecular complexity index is 1090. The molecule has 1 N–H and O–H groups in total. The van der Waals surface area contributed by atoms with E-state index in [1.54, 1.807) is 0 Å². The molecule has 2 fully saturated rings. The topological polar surface area (TPSA) is 52.9 Å². The predicted octanol–water partition coefficient (Wildman–Crippen LogP) is 4.19. The summed E-state index contributed by atoms with van der Waals surface area (Å²) >= 11 is 0. The Morgan fingerprint density at radius 3 is 2.55 bits per heavy atom. The summed E-state index contributed by atoms with van der Waals surface area (Å²) in [5.74, 6) is 2.95. The number of hydrogen-bond acceptors (Lipinski definition) is 4. The summed E-state index contributed by atoms with van der Waals surface area (Å²) in [5, 5.41) is 3.21. The first-order valence-corrected chi connectivity index (χ1v) is 12.7. The molecule has 0 saturated carbocycles. The molecule has 2 atom stereocenters. The molecule has 0 aliphatic carbocycles. The molecule has 2 saturated heterocycles. The number of benzene rings is 1. The molecule has 0 unspecified atom stereocenters. The zero-order valence-corrected chi connectivity index (χ0v) is 20.0. The Morgan fingerprint density at radius 1 is 1.03 bits per heavy atom. The van der Waals surface area contributed by atoms with E-state index in [0.29, 0.717) is 0 Å². The molecule has 5 rings (SSSR count). The van der Waals surface area contributed by atoms with Gasteiger partial charge in [0, 0.05) is 44.8 Å². The van der Waals surface area contributed by atoms with Crippen molar-refractivity contribution in [3.63, 3.8) is 0 Å². The standard InChI is InChI=1S/C27H37N5O/c1-20-17-21(2)19-30(18-20)13-6-12-28-27(33)22-10-15-31(16-11-22)26-25-9-5-14-32(25)24-8-4-3-7-23(24)29-26/h3-5,7-9,14,20-22H,6,10-13,15-19H2,1-2H3,(H,28,33)/t20-,21+. The molecular weight excluding hydrogens is 410 g/mol. The highest BCUT2D eigenvalue weighted by molar-refractivity contribution is 5.85. The van der Waals surface area contributed by atoms with E-state index in [0.717, 1.165) is 79.6 Å². The Hall–Kier alpha value is -2.60. The molecule has 2 aliphatic rings. The van der Waals surface area contributed by atoms with E-state index in [4.69, 9.17) is 4.98 Å². The van der Waals surface area contributed by atoms with Gasteiger partial charge < -0.3 is 19.5 Å². The summed E-state index contributed by atoms with van der Waals surface area (Å²) in [7, 11) is 0. The maximum Gasteiger partial charge on any atom is 0.223 e. The van der Waals surface area contributed by atoms with Crippen LogP contribution >= 0.6 is 0 Å². The van der Waals surface area contributed by atoms with Gasteiger partial charge in [0.15, 0.2) is 5.82 Å². The Balaban J connectivity index is 1.13. The lowest BCUT2D eigenvalue weighted by Crippen LogP contribution is -2.42. The Morgan fingerprint density at radius 2 is 1.76 bits per heavy atom. The first kappa shape index (κ1) is 22.2. The molecular formula is C27H37N5O. The lowest BCUT2D eigenvalue weighted by Gasteiger charge is -2.35. The van der Waals surface area contributed by atoms with E-state index in [1.165, 1.54) is 19.5 Å². The Kier molecular flexibility index (Phi) is 6.54. The van der Waals surface area contributed by atoms with Crippen LogP contribution in [0.3, 0.4) is 0 Å². The molecule has 4 heterocycles. The largest absolute Gasteiger partial charge is 0.356 e. The molecule has 6 nitrogen and oxygen atoms in total. The molecule has 33 heavy (non-hydrogen) atoms. The fraction of sp³-hybridized carbons (Fsp3) is 0.556. The highest BCUT2D eigenvalue weighted by atomic mass is 16.1. The zero-order chi connectivity index (χ0) is 22.8. The van der Waals surface area contributed by atoms with Crippen LogP contribution in [0.4, 0.5) is 5.82 Å². The van der Waals surface area contributed by atoms with Crippen LogP contribution in [0.15, 0.2) is 42.6 Å². The number of carbonyl (C=O) groups is 1. The van der Waals surface area contributed by atoms with Gasteiger partial charge in [-0.2, -0.15) is 0 Å². The number of carbonyl (C=O) groups excluding carboxylic acids is 1. The van der Waals surface area contributed by atoms with Crippen LogP contribution < -0.4 is 10.2 Å². The van der Waals surface area contributed by atoms with Crippen molar-refractivity contribution in [2.24, 2.45) is 17.8 Å². The van der Waals surface area contributed by atoms with Crippen molar-refractivity contribution < 1.29 is 4.79 Å². The fourth-order valence-corrected chi connectivity index (χ4v) is 5.93. The first-order chi connectivity index (χ1) is 16.1. The zero-order valence-electron chi connectivity index (χ0n) is 20.0. The lowest BCUT2D eigenvalue weighted by molar-refractivity contribution is -0.125. The number of rotatable bonds is 6. The summed E-state index contributed by atoms with van der Waals surface area (Å²) in [6.07, 6.45) is 6.25. The van der Waals surface area contributed by atoms with Crippen LogP contribution in [0.1, 0.15) is 39.5 Å². The lowest BCUT2D eigenvalue weighted by atomic mass is 9.92. The molecule has 0 bridgehead atoms. The van der Waals surface area contributed by atoms with E-state index in [1.807, 2.05) is 6.07 Å². The second kappa shape index (κ2) is 9.72. The fourth-order valence-electron chi connectivity index (χ4n) is 5.93. The van der Waals surface area contributed by atoms with Gasteiger partial charge in [-0.1, -0.05) is 26.0 Å². The summed E-state index contributed by atoms with van der Waals surface area (Å²) in [4.78, 5) is 22.7. The van der Waals surface area contributed by atoms with Crippen LogP contribution in [0.5, 0.6) is 0 Å². The van der Waals surface area contributed by atoms with Gasteiger partial charge in [0.05, 0.1) is 16.6 Å². The van der Waals surface area contributed by atoms with Crippen molar-refractivity contribution in [3.05, 3.63) is 42.6 Å². The molecule has 0 spiro atoms. The SMILES string of the molecule is C[C@@H]1C[C@H](C)CN(CCCNC(=O)C2CCN(c3nc4ccccc4n4cccc34)CC2)C1. The number of likely N-dealkylation sites (tertiary alicyclic amines) is 1. The molecule has 2 aliphatic heterocycles. The Labute approximate surface area is 197 Å². The second-order valence-corrected chi connectivity index (χ2v) is 10.3. The minimum absolute atomic E-state index is 0.111. The summed E-state index contributed by atoms with van der Waals surface area (Å²) < 4.78 is 2.22. The van der Waals surface area contributed by atoms with E-state index in [-0.39, 0.29) is 11.8 Å². The quantitative estimate of drug-likeness (QED) is 0.576. The average Bonchev–Trinajstić information content (AvgIpc) is 3.31. The molecule has 1 aromatic carbocycles. The minimum atomic E-state index is 0.111. The summed E-state index contributed by atoms with van der Waals surface area (Å²) in [6, 6.07) is 12.5. The van der Waals surface area contributed by atoms with Crippen molar-refractivity contribution in [3.8, 4) is 0 Å². The van der Waals surface area contributed by atoms with E-state index in [2.05, 4.69) is 69.9 Å². The van der Waals surface area contributed by atoms with Gasteiger partial charge in [0.1, 0.15) is 0 Å². The maximum absolute atomic E-state index is 12.8. The van der Waals surface area contributed by atoms with Crippen LogP contribution in [0.2, 0.25) is 0 Å². The van der Waals surface area contributed by atoms with Crippen LogP contribution in [0.25, 0.3) is 16.6 Å². The van der Waals surface area contributed by atoms with Crippen molar-refractivity contribution in [1.82, 2.24) is 19.6 Å². The number of anilines is 1. The van der Waals surface area contributed by atoms with Gasteiger partial charge in [-0.25, -0.2) is 4.98 Å². The van der Waals surface area contributed by atoms with E-state index < -0.39 is 0 Å². The van der Waals surface area contributed by atoms with Crippen LogP contribution in [0, 0.1) is 17.8 Å². The first-order valence-electron chi connectivity index (χ1n) is 12.7. The third-order valence-corrected chi connectivity index (χ3v) is 7.41. The van der Waals surface area contributed by atoms with Gasteiger partial charge in [0.25, 0.3) is 0 Å². The van der Waals surface area contributed by atoms with E-state index in [9.17, 15) is 4.79 Å². The summed E-state index contributed by atoms with van der Waals surface area (Å²) in [5.41, 5.74) is 3.27. The summed E-state index contributed by atoms with van der Waals surface area (Å²) in [6.45, 7) is 10.7. The van der Waals surface area contributed by atoms with Crippen LogP contribution in [-0.2, 0) is 4.79 Å². The van der Waals surface area contributed by atoms with Gasteiger partial charge in [-0.15, -0.1) is 0 Å². The number of hydrogen-bond donors (Lipinski definition) is 1. The minimum Gasteiger partial charge on any atom is -0.356 e. The third-order valence-electron chi connectivity index (χ3n) is 7.41. The van der Waals surface area contributed by atoms with Gasteiger partial charge in [-0.3, -0.25) is 4.79 Å². The third kappa shape index (κ3) is 4.86. The monoisotopic (exact) mass is 447 g/mol. The van der Waals surface area contributed by atoms with Crippen LogP contribution in [-0.4, -0.2) is 59.5 Å². The number of fused-ring (bicyclic) bond motifs is 3. The molecule has 3 aromatic rings. The van der Waals surface area contributed by atoms with Crippen molar-refractivity contribution in [1.29, 1.82) is 0 Å². The second-order valence-electron chi connectivity index (χ2n) is 10.3. The van der Waals surface area contributed by atoms with Crippen molar-refractivity contribution in [2.45, 2.75) is 39.5 Å². The highest BCUT2D eigenvalue weighted by Gasteiger charge is 2.27. The molecule has 0 radical (unpaired) electrons. The molecule has 2 aromatic heterocycles. The molecule has 1 amide bonds. The van der Waals surface area contributed by atoms with Gasteiger partial charge in [0.2, 0.25) is 5.91 Å². The number of amides is 1. The van der Waals surface area contributed by atoms with E-state index >= 15 is 0 Å². The normalized spacial score (nSPS) is 22.8. The highest BCUT2D eigenvalue weighted by Crippen LogP contribution is 2.29. The smallest absolute Gasteiger partial charge is 0.223 e. The van der Waals surface area contributed by atoms with Gasteiger partial charge >= 0.3 is 0 Å². The van der Waals surface area contributed by atoms with Gasteiger partial charge in [-0.05, 0) is 68.3 Å². The average molecular weight is 448 g/mol. The number of aromatic nitrogens is 2.